The SMILES string of the molecule is CC1Cc2cc(-c3ccc4cnccc4c3)ccc2[C@H](c2c(F)cc(/C=C/OO)cc2F)N1CC(C)(C)F. The number of rotatable bonds is 6. The van der Waals surface area contributed by atoms with Crippen molar-refractivity contribution in [1.82, 2.24) is 9.88 Å². The van der Waals surface area contributed by atoms with Gasteiger partial charge in [0.25, 0.3) is 0 Å². The molecular weight excluding hydrogens is 489 g/mol. The topological polar surface area (TPSA) is 45.6 Å². The smallest absolute Gasteiger partial charge is 0.131 e. The van der Waals surface area contributed by atoms with Crippen molar-refractivity contribution in [2.45, 2.75) is 44.9 Å². The van der Waals surface area contributed by atoms with E-state index in [0.717, 1.165) is 39.3 Å². The summed E-state index contributed by atoms with van der Waals surface area (Å²) in [4.78, 5) is 9.91. The van der Waals surface area contributed by atoms with Crippen molar-refractivity contribution in [3.63, 3.8) is 0 Å². The first-order valence-corrected chi connectivity index (χ1v) is 12.5. The zero-order chi connectivity index (χ0) is 27.0. The molecule has 4 aromatic rings. The lowest BCUT2D eigenvalue weighted by atomic mass is 9.82. The van der Waals surface area contributed by atoms with Crippen molar-refractivity contribution >= 4 is 16.8 Å². The Labute approximate surface area is 219 Å². The van der Waals surface area contributed by atoms with Gasteiger partial charge in [-0.25, -0.2) is 18.4 Å². The fourth-order valence-electron chi connectivity index (χ4n) is 5.43. The molecule has 196 valence electrons. The van der Waals surface area contributed by atoms with Crippen LogP contribution in [0.1, 0.15) is 49.1 Å². The second kappa shape index (κ2) is 10.2. The summed E-state index contributed by atoms with van der Waals surface area (Å²) < 4.78 is 46.0. The Bertz CT molecular complexity index is 1490. The highest BCUT2D eigenvalue weighted by Gasteiger charge is 2.39. The Morgan fingerprint density at radius 3 is 2.45 bits per heavy atom. The molecule has 0 aliphatic carbocycles. The van der Waals surface area contributed by atoms with Gasteiger partial charge in [0, 0.05) is 35.9 Å². The lowest BCUT2D eigenvalue weighted by Gasteiger charge is -2.44. The first kappa shape index (κ1) is 25.9. The lowest BCUT2D eigenvalue weighted by molar-refractivity contribution is -0.185. The third kappa shape index (κ3) is 5.17. The normalized spacial score (nSPS) is 18.2. The molecule has 0 saturated carbocycles. The molecule has 0 amide bonds. The summed E-state index contributed by atoms with van der Waals surface area (Å²) in [6, 6.07) is 15.4. The number of aromatic nitrogens is 1. The lowest BCUT2D eigenvalue weighted by Crippen LogP contribution is -2.48. The molecule has 5 rings (SSSR count). The number of benzene rings is 3. The standard InChI is InChI=1S/C31H29F3N2O2/c1-19-12-25-16-22(21-4-5-24-17-35-10-8-23(24)15-21)6-7-26(25)30(36(19)18-31(2,3)34)29-27(32)13-20(9-11-38-37)14-28(29)33/h4-11,13-17,19,30,37H,12,18H2,1-3H3/b11-9+/t19?,30-/m1/s1. The third-order valence-corrected chi connectivity index (χ3v) is 7.08. The van der Waals surface area contributed by atoms with Gasteiger partial charge in [0.2, 0.25) is 0 Å². The minimum absolute atomic E-state index is 0.0115. The molecule has 0 radical (unpaired) electrons. The van der Waals surface area contributed by atoms with Crippen molar-refractivity contribution < 1.29 is 23.3 Å². The Morgan fingerprint density at radius 2 is 1.74 bits per heavy atom. The molecule has 0 saturated heterocycles. The number of pyridine rings is 1. The zero-order valence-corrected chi connectivity index (χ0v) is 21.5. The van der Waals surface area contributed by atoms with Gasteiger partial charge in [-0.15, -0.1) is 0 Å². The number of hydrogen-bond acceptors (Lipinski definition) is 4. The molecule has 1 aliphatic rings. The van der Waals surface area contributed by atoms with E-state index in [2.05, 4.69) is 22.0 Å². The van der Waals surface area contributed by atoms with Gasteiger partial charge in [-0.05, 0) is 90.7 Å². The highest BCUT2D eigenvalue weighted by atomic mass is 19.1. The van der Waals surface area contributed by atoms with Crippen LogP contribution in [-0.4, -0.2) is 33.4 Å². The van der Waals surface area contributed by atoms with Crippen LogP contribution in [0.15, 0.2) is 73.3 Å². The maximum Gasteiger partial charge on any atom is 0.131 e. The van der Waals surface area contributed by atoms with Crippen LogP contribution in [0.25, 0.3) is 28.0 Å². The largest absolute Gasteiger partial charge is 0.348 e. The average Bonchev–Trinajstić information content (AvgIpc) is 2.87. The van der Waals surface area contributed by atoms with Crippen LogP contribution in [0.5, 0.6) is 0 Å². The second-order valence-electron chi connectivity index (χ2n) is 10.5. The summed E-state index contributed by atoms with van der Waals surface area (Å²) >= 11 is 0. The molecule has 2 heterocycles. The van der Waals surface area contributed by atoms with Gasteiger partial charge in [-0.1, -0.05) is 30.3 Å². The van der Waals surface area contributed by atoms with E-state index in [4.69, 9.17) is 5.26 Å². The van der Waals surface area contributed by atoms with E-state index < -0.39 is 23.3 Å². The molecular formula is C31H29F3N2O2. The number of fused-ring (bicyclic) bond motifs is 2. The fraction of sp³-hybridized carbons (Fsp3) is 0.258. The minimum atomic E-state index is -1.57. The molecule has 1 unspecified atom stereocenters. The Hall–Kier alpha value is -3.68. The van der Waals surface area contributed by atoms with E-state index >= 15 is 8.78 Å². The fourth-order valence-corrected chi connectivity index (χ4v) is 5.43. The van der Waals surface area contributed by atoms with E-state index in [1.54, 1.807) is 6.20 Å². The van der Waals surface area contributed by atoms with E-state index in [1.807, 2.05) is 48.4 Å². The van der Waals surface area contributed by atoms with Gasteiger partial charge in [0.15, 0.2) is 0 Å². The van der Waals surface area contributed by atoms with Crippen molar-refractivity contribution in [2.75, 3.05) is 6.54 Å². The molecule has 0 spiro atoms. The maximum atomic E-state index is 15.5. The maximum absolute atomic E-state index is 15.5. The molecule has 4 nitrogen and oxygen atoms in total. The van der Waals surface area contributed by atoms with Crippen molar-refractivity contribution in [1.29, 1.82) is 0 Å². The van der Waals surface area contributed by atoms with E-state index in [-0.39, 0.29) is 23.7 Å². The summed E-state index contributed by atoms with van der Waals surface area (Å²) in [6.07, 6.45) is 6.37. The highest BCUT2D eigenvalue weighted by Crippen LogP contribution is 2.42. The zero-order valence-electron chi connectivity index (χ0n) is 21.5. The average molecular weight is 519 g/mol. The quantitative estimate of drug-likeness (QED) is 0.161. The van der Waals surface area contributed by atoms with E-state index in [9.17, 15) is 4.39 Å². The summed E-state index contributed by atoms with van der Waals surface area (Å²) in [5.41, 5.74) is 2.25. The van der Waals surface area contributed by atoms with Crippen LogP contribution in [0.2, 0.25) is 0 Å². The summed E-state index contributed by atoms with van der Waals surface area (Å²) in [5.74, 6) is -1.50. The van der Waals surface area contributed by atoms with E-state index in [0.29, 0.717) is 6.42 Å². The Morgan fingerprint density at radius 1 is 1.03 bits per heavy atom. The third-order valence-electron chi connectivity index (χ3n) is 7.08. The molecule has 2 atom stereocenters. The molecule has 1 N–H and O–H groups in total. The van der Waals surface area contributed by atoms with Crippen LogP contribution in [0.4, 0.5) is 13.2 Å². The first-order valence-electron chi connectivity index (χ1n) is 12.5. The summed E-state index contributed by atoms with van der Waals surface area (Å²) in [6.45, 7) is 4.92. The molecule has 1 aliphatic heterocycles. The van der Waals surface area contributed by atoms with Gasteiger partial charge < -0.3 is 4.89 Å². The predicted octanol–water partition coefficient (Wildman–Crippen LogP) is 7.72. The molecule has 38 heavy (non-hydrogen) atoms. The summed E-state index contributed by atoms with van der Waals surface area (Å²) in [5, 5.41) is 10.7. The number of nitrogens with zero attached hydrogens (tertiary/aromatic N) is 2. The van der Waals surface area contributed by atoms with E-state index in [1.165, 1.54) is 32.1 Å². The minimum Gasteiger partial charge on any atom is -0.348 e. The number of hydrogen-bond donors (Lipinski definition) is 1. The first-order chi connectivity index (χ1) is 18.1. The van der Waals surface area contributed by atoms with Crippen molar-refractivity contribution in [2.24, 2.45) is 0 Å². The molecule has 7 heteroatoms. The van der Waals surface area contributed by atoms with Gasteiger partial charge in [-0.3, -0.25) is 9.88 Å². The van der Waals surface area contributed by atoms with Crippen LogP contribution in [0, 0.1) is 11.6 Å². The second-order valence-corrected chi connectivity index (χ2v) is 10.5. The van der Waals surface area contributed by atoms with Crippen LogP contribution in [-0.2, 0) is 11.3 Å². The molecule has 3 aromatic carbocycles. The highest BCUT2D eigenvalue weighted by molar-refractivity contribution is 5.86. The van der Waals surface area contributed by atoms with Crippen LogP contribution >= 0.6 is 0 Å². The monoisotopic (exact) mass is 518 g/mol. The number of halogens is 3. The molecule has 0 bridgehead atoms. The van der Waals surface area contributed by atoms with Crippen LogP contribution < -0.4 is 0 Å². The Balaban J connectivity index is 1.63. The van der Waals surface area contributed by atoms with Crippen molar-refractivity contribution in [3.05, 3.63) is 107 Å². The van der Waals surface area contributed by atoms with Gasteiger partial charge >= 0.3 is 0 Å². The number of alkyl halides is 1. The molecule has 1 aromatic heterocycles. The van der Waals surface area contributed by atoms with Gasteiger partial charge in [0.05, 0.1) is 6.04 Å². The van der Waals surface area contributed by atoms with Gasteiger partial charge in [-0.2, -0.15) is 0 Å². The van der Waals surface area contributed by atoms with Crippen LogP contribution in [0.3, 0.4) is 0 Å². The van der Waals surface area contributed by atoms with Crippen molar-refractivity contribution in [3.8, 4) is 11.1 Å². The predicted molar refractivity (Wildman–Crippen MR) is 143 cm³/mol. The molecule has 0 fully saturated rings. The summed E-state index contributed by atoms with van der Waals surface area (Å²) in [7, 11) is 0. The van der Waals surface area contributed by atoms with Gasteiger partial charge in [0.1, 0.15) is 23.6 Å². The Kier molecular flexibility index (Phi) is 6.99.